The van der Waals surface area contributed by atoms with Gasteiger partial charge in [0.05, 0.1) is 6.61 Å². The lowest BCUT2D eigenvalue weighted by atomic mass is 10.1. The van der Waals surface area contributed by atoms with Crippen LogP contribution in [0.1, 0.15) is 31.7 Å². The number of ether oxygens (including phenoxy) is 1. The van der Waals surface area contributed by atoms with E-state index in [0.29, 0.717) is 0 Å². The van der Waals surface area contributed by atoms with Crippen LogP contribution in [-0.4, -0.2) is 50.1 Å². The van der Waals surface area contributed by atoms with Gasteiger partial charge in [-0.3, -0.25) is 4.90 Å². The van der Waals surface area contributed by atoms with Crippen molar-refractivity contribution in [3.63, 3.8) is 0 Å². The van der Waals surface area contributed by atoms with Gasteiger partial charge in [0.2, 0.25) is 0 Å². The second-order valence-electron chi connectivity index (χ2n) is 6.45. The summed E-state index contributed by atoms with van der Waals surface area (Å²) in [6.45, 7) is 7.77. The number of likely N-dealkylation sites (tertiary alicyclic amines) is 1. The molecule has 0 aromatic heterocycles. The molecule has 118 valence electrons. The largest absolute Gasteiger partial charge is 0.494 e. The molecule has 1 atom stereocenters. The second-order valence-corrected chi connectivity index (χ2v) is 6.45. The first-order chi connectivity index (χ1) is 10.2. The number of hydrogen-bond donors (Lipinski definition) is 0. The quantitative estimate of drug-likeness (QED) is 0.684. The van der Waals surface area contributed by atoms with Crippen LogP contribution in [0, 0.1) is 5.92 Å². The average Bonchev–Trinajstić information content (AvgIpc) is 2.93. The van der Waals surface area contributed by atoms with E-state index in [0.717, 1.165) is 37.8 Å². The summed E-state index contributed by atoms with van der Waals surface area (Å²) >= 11 is 0. The Morgan fingerprint density at radius 3 is 2.62 bits per heavy atom. The van der Waals surface area contributed by atoms with E-state index in [9.17, 15) is 0 Å². The molecule has 0 radical (unpaired) electrons. The summed E-state index contributed by atoms with van der Waals surface area (Å²) in [5, 5.41) is 0. The minimum absolute atomic E-state index is 0.793. The molecule has 0 aliphatic carbocycles. The Morgan fingerprint density at radius 2 is 2.00 bits per heavy atom. The molecule has 1 saturated heterocycles. The predicted octanol–water partition coefficient (Wildman–Crippen LogP) is 3.25. The zero-order valence-electron chi connectivity index (χ0n) is 13.8. The zero-order valence-corrected chi connectivity index (χ0v) is 13.8. The van der Waals surface area contributed by atoms with Crippen molar-refractivity contribution in [1.29, 1.82) is 0 Å². The van der Waals surface area contributed by atoms with Crippen molar-refractivity contribution in [1.82, 2.24) is 9.80 Å². The molecule has 3 heteroatoms. The standard InChI is InChI=1S/C18H30N2O/c1-4-16-10-12-20(14-16)15-17-6-8-18(9-7-17)21-13-5-11-19(2)3/h6-9,16H,4-5,10-15H2,1-3H3. The van der Waals surface area contributed by atoms with Crippen LogP contribution in [0.25, 0.3) is 0 Å². The van der Waals surface area contributed by atoms with Gasteiger partial charge in [-0.1, -0.05) is 25.5 Å². The van der Waals surface area contributed by atoms with Gasteiger partial charge in [-0.05, 0) is 57.1 Å². The summed E-state index contributed by atoms with van der Waals surface area (Å²) < 4.78 is 5.78. The molecule has 0 bridgehead atoms. The molecule has 1 aromatic rings. The fourth-order valence-electron chi connectivity index (χ4n) is 2.91. The summed E-state index contributed by atoms with van der Waals surface area (Å²) in [6, 6.07) is 8.64. The van der Waals surface area contributed by atoms with E-state index in [1.54, 1.807) is 0 Å². The molecule has 1 unspecified atom stereocenters. The summed E-state index contributed by atoms with van der Waals surface area (Å²) in [4.78, 5) is 4.76. The van der Waals surface area contributed by atoms with Gasteiger partial charge in [0.25, 0.3) is 0 Å². The lowest BCUT2D eigenvalue weighted by Gasteiger charge is -2.16. The van der Waals surface area contributed by atoms with Gasteiger partial charge in [0.15, 0.2) is 0 Å². The van der Waals surface area contributed by atoms with Crippen LogP contribution in [0.4, 0.5) is 0 Å². The van der Waals surface area contributed by atoms with E-state index in [2.05, 4.69) is 55.1 Å². The maximum absolute atomic E-state index is 5.78. The molecule has 0 N–H and O–H groups in total. The minimum Gasteiger partial charge on any atom is -0.494 e. The van der Waals surface area contributed by atoms with Crippen molar-refractivity contribution in [2.75, 3.05) is 40.3 Å². The summed E-state index contributed by atoms with van der Waals surface area (Å²) in [5.74, 6) is 1.90. The third-order valence-corrected chi connectivity index (χ3v) is 4.30. The number of rotatable bonds is 8. The van der Waals surface area contributed by atoms with Gasteiger partial charge in [-0.25, -0.2) is 0 Å². The van der Waals surface area contributed by atoms with Crippen molar-refractivity contribution in [3.05, 3.63) is 29.8 Å². The van der Waals surface area contributed by atoms with Crippen LogP contribution in [0.5, 0.6) is 5.75 Å². The molecule has 1 heterocycles. The average molecular weight is 290 g/mol. The Hall–Kier alpha value is -1.06. The van der Waals surface area contributed by atoms with Gasteiger partial charge in [0.1, 0.15) is 5.75 Å². The molecule has 0 amide bonds. The van der Waals surface area contributed by atoms with Crippen molar-refractivity contribution in [2.45, 2.75) is 32.7 Å². The molecular weight excluding hydrogens is 260 g/mol. The Kier molecular flexibility index (Phi) is 6.52. The summed E-state index contributed by atoms with van der Waals surface area (Å²) in [6.07, 6.45) is 3.75. The van der Waals surface area contributed by atoms with Gasteiger partial charge in [0, 0.05) is 19.6 Å². The lowest BCUT2D eigenvalue weighted by molar-refractivity contribution is 0.281. The first kappa shape index (κ1) is 16.3. The Balaban J connectivity index is 1.72. The molecule has 3 nitrogen and oxygen atoms in total. The number of benzene rings is 1. The van der Waals surface area contributed by atoms with Gasteiger partial charge in [-0.2, -0.15) is 0 Å². The SMILES string of the molecule is CCC1CCN(Cc2ccc(OCCCN(C)C)cc2)C1. The molecule has 1 aliphatic heterocycles. The first-order valence-corrected chi connectivity index (χ1v) is 8.26. The normalized spacial score (nSPS) is 19.3. The predicted molar refractivity (Wildman–Crippen MR) is 88.8 cm³/mol. The number of hydrogen-bond acceptors (Lipinski definition) is 3. The van der Waals surface area contributed by atoms with Crippen LogP contribution in [0.15, 0.2) is 24.3 Å². The van der Waals surface area contributed by atoms with E-state index in [1.165, 1.54) is 31.5 Å². The highest BCUT2D eigenvalue weighted by molar-refractivity contribution is 5.27. The molecule has 2 rings (SSSR count). The first-order valence-electron chi connectivity index (χ1n) is 8.26. The van der Waals surface area contributed by atoms with Crippen molar-refractivity contribution in [2.24, 2.45) is 5.92 Å². The lowest BCUT2D eigenvalue weighted by Crippen LogP contribution is -2.19. The van der Waals surface area contributed by atoms with Crippen molar-refractivity contribution >= 4 is 0 Å². The highest BCUT2D eigenvalue weighted by atomic mass is 16.5. The molecule has 1 aliphatic rings. The third-order valence-electron chi connectivity index (χ3n) is 4.30. The smallest absolute Gasteiger partial charge is 0.119 e. The second kappa shape index (κ2) is 8.40. The third kappa shape index (κ3) is 5.68. The fourth-order valence-corrected chi connectivity index (χ4v) is 2.91. The summed E-state index contributed by atoms with van der Waals surface area (Å²) in [5.41, 5.74) is 1.40. The molecule has 0 saturated carbocycles. The maximum atomic E-state index is 5.78. The highest BCUT2D eigenvalue weighted by Crippen LogP contribution is 2.21. The van der Waals surface area contributed by atoms with Gasteiger partial charge >= 0.3 is 0 Å². The van der Waals surface area contributed by atoms with Crippen molar-refractivity contribution < 1.29 is 4.74 Å². The monoisotopic (exact) mass is 290 g/mol. The minimum atomic E-state index is 0.793. The topological polar surface area (TPSA) is 15.7 Å². The van der Waals surface area contributed by atoms with E-state index in [1.807, 2.05) is 0 Å². The summed E-state index contributed by atoms with van der Waals surface area (Å²) in [7, 11) is 4.19. The fraction of sp³-hybridized carbons (Fsp3) is 0.667. The highest BCUT2D eigenvalue weighted by Gasteiger charge is 2.20. The molecule has 1 aromatic carbocycles. The van der Waals surface area contributed by atoms with E-state index < -0.39 is 0 Å². The van der Waals surface area contributed by atoms with E-state index >= 15 is 0 Å². The molecule has 1 fully saturated rings. The Labute approximate surface area is 129 Å². The van der Waals surface area contributed by atoms with Crippen LogP contribution in [0.2, 0.25) is 0 Å². The maximum Gasteiger partial charge on any atom is 0.119 e. The molecule has 21 heavy (non-hydrogen) atoms. The molecular formula is C18H30N2O. The van der Waals surface area contributed by atoms with Crippen molar-refractivity contribution in [3.8, 4) is 5.75 Å². The van der Waals surface area contributed by atoms with Gasteiger partial charge in [-0.15, -0.1) is 0 Å². The Bertz CT molecular complexity index is 402. The van der Waals surface area contributed by atoms with Gasteiger partial charge < -0.3 is 9.64 Å². The Morgan fingerprint density at radius 1 is 1.24 bits per heavy atom. The van der Waals surface area contributed by atoms with Crippen LogP contribution < -0.4 is 4.74 Å². The zero-order chi connectivity index (χ0) is 15.1. The number of nitrogens with zero attached hydrogens (tertiary/aromatic N) is 2. The van der Waals surface area contributed by atoms with Crippen LogP contribution in [-0.2, 0) is 6.54 Å². The molecule has 0 spiro atoms. The van der Waals surface area contributed by atoms with Crippen LogP contribution in [0.3, 0.4) is 0 Å². The van der Waals surface area contributed by atoms with E-state index in [4.69, 9.17) is 4.74 Å². The van der Waals surface area contributed by atoms with Crippen LogP contribution >= 0.6 is 0 Å². The van der Waals surface area contributed by atoms with E-state index in [-0.39, 0.29) is 0 Å².